The van der Waals surface area contributed by atoms with Crippen LogP contribution in [0.3, 0.4) is 0 Å². The van der Waals surface area contributed by atoms with E-state index >= 15 is 0 Å². The highest BCUT2D eigenvalue weighted by Crippen LogP contribution is 2.71. The van der Waals surface area contributed by atoms with Crippen LogP contribution in [0, 0.1) is 11.8 Å². The first-order chi connectivity index (χ1) is 17.1. The van der Waals surface area contributed by atoms with Crippen LogP contribution in [0.1, 0.15) is 60.3 Å². The second-order valence-corrected chi connectivity index (χ2v) is 12.5. The zero-order valence-corrected chi connectivity index (χ0v) is 22.7. The number of thioether (sulfide) groups is 1. The predicted molar refractivity (Wildman–Crippen MR) is 141 cm³/mol. The van der Waals surface area contributed by atoms with Crippen molar-refractivity contribution in [1.29, 1.82) is 0 Å². The number of aliphatic hydroxyl groups excluding tert-OH is 1. The fraction of sp³-hybridized carbons (Fsp3) is 0.667. The number of anilines is 1. The molecule has 3 amide bonds. The van der Waals surface area contributed by atoms with E-state index in [9.17, 15) is 19.5 Å². The number of nitrogens with zero attached hydrogens (tertiary/aromatic N) is 1. The maximum atomic E-state index is 13.9. The van der Waals surface area contributed by atoms with Crippen molar-refractivity contribution in [1.82, 2.24) is 10.2 Å². The molecule has 0 aromatic heterocycles. The summed E-state index contributed by atoms with van der Waals surface area (Å²) in [5.41, 5.74) is 0.641. The Morgan fingerprint density at radius 3 is 2.50 bits per heavy atom. The molecular weight excluding hydrogens is 478 g/mol. The molecule has 3 N–H and O–H groups in total. The van der Waals surface area contributed by atoms with E-state index in [0.29, 0.717) is 18.7 Å². The Bertz CT molecular complexity index is 1000. The van der Waals surface area contributed by atoms with Crippen LogP contribution in [0.2, 0.25) is 0 Å². The molecule has 3 saturated heterocycles. The summed E-state index contributed by atoms with van der Waals surface area (Å²) in [6.07, 6.45) is 3.22. The van der Waals surface area contributed by atoms with E-state index in [-0.39, 0.29) is 30.4 Å². The molecule has 3 fully saturated rings. The molecule has 0 radical (unpaired) electrons. The number of ether oxygens (including phenoxy) is 1. The maximum Gasteiger partial charge on any atom is 0.244 e. The van der Waals surface area contributed by atoms with Crippen LogP contribution in [0.15, 0.2) is 24.3 Å². The quantitative estimate of drug-likeness (QED) is 0.440. The van der Waals surface area contributed by atoms with Crippen LogP contribution in [-0.2, 0) is 14.4 Å². The second kappa shape index (κ2) is 10.2. The Kier molecular flexibility index (Phi) is 7.62. The monoisotopic (exact) mass is 517 g/mol. The molecule has 9 heteroatoms. The molecular formula is C27H39N3O5S. The fourth-order valence-electron chi connectivity index (χ4n) is 6.47. The lowest BCUT2D eigenvalue weighted by Crippen LogP contribution is -2.57. The van der Waals surface area contributed by atoms with Gasteiger partial charge in [0, 0.05) is 16.5 Å². The highest BCUT2D eigenvalue weighted by Gasteiger charge is 2.77. The highest BCUT2D eigenvalue weighted by molar-refractivity contribution is 8.02. The molecule has 3 aliphatic heterocycles. The van der Waals surface area contributed by atoms with Crippen molar-refractivity contribution in [2.24, 2.45) is 11.8 Å². The minimum absolute atomic E-state index is 0.0164. The average Bonchev–Trinajstić information content (AvgIpc) is 3.40. The lowest BCUT2D eigenvalue weighted by atomic mass is 9.66. The van der Waals surface area contributed by atoms with Gasteiger partial charge < -0.3 is 25.4 Å². The van der Waals surface area contributed by atoms with Gasteiger partial charge in [0.05, 0.1) is 35.8 Å². The van der Waals surface area contributed by atoms with E-state index in [1.807, 2.05) is 13.8 Å². The number of carbonyl (C=O) groups excluding carboxylic acids is 3. The van der Waals surface area contributed by atoms with Crippen LogP contribution in [0.25, 0.3) is 0 Å². The van der Waals surface area contributed by atoms with Crippen LogP contribution >= 0.6 is 11.8 Å². The zero-order valence-electron chi connectivity index (χ0n) is 21.9. The smallest absolute Gasteiger partial charge is 0.244 e. The molecule has 1 spiro atoms. The molecule has 36 heavy (non-hydrogen) atoms. The number of hydrogen-bond donors (Lipinski definition) is 3. The summed E-state index contributed by atoms with van der Waals surface area (Å²) in [7, 11) is 0. The van der Waals surface area contributed by atoms with E-state index in [2.05, 4.69) is 24.5 Å². The minimum atomic E-state index is -0.716. The van der Waals surface area contributed by atoms with Crippen molar-refractivity contribution in [3.8, 4) is 5.75 Å². The van der Waals surface area contributed by atoms with Gasteiger partial charge in [0.1, 0.15) is 11.8 Å². The lowest BCUT2D eigenvalue weighted by molar-refractivity contribution is -0.142. The Hall–Kier alpha value is -2.26. The lowest BCUT2D eigenvalue weighted by Gasteiger charge is -2.36. The van der Waals surface area contributed by atoms with Crippen molar-refractivity contribution >= 4 is 35.2 Å². The maximum absolute atomic E-state index is 13.9. The number of amides is 3. The number of benzene rings is 1. The van der Waals surface area contributed by atoms with Crippen LogP contribution < -0.4 is 15.4 Å². The SMILES string of the molecule is CCCC(C)NC(=O)C1N([C@H](C)CO)C(=O)[C@@H]2[C@H](C(=O)Nc3ccc(OCC)cc3)[C@]3(C)CCC12S3. The summed E-state index contributed by atoms with van der Waals surface area (Å²) < 4.78 is 4.35. The molecule has 7 atom stereocenters. The van der Waals surface area contributed by atoms with Crippen LogP contribution in [0.5, 0.6) is 5.75 Å². The van der Waals surface area contributed by atoms with Gasteiger partial charge in [0.2, 0.25) is 17.7 Å². The predicted octanol–water partition coefficient (Wildman–Crippen LogP) is 3.19. The number of carbonyl (C=O) groups is 3. The van der Waals surface area contributed by atoms with Crippen LogP contribution in [0.4, 0.5) is 5.69 Å². The van der Waals surface area contributed by atoms with Gasteiger partial charge in [-0.05, 0) is 71.2 Å². The van der Waals surface area contributed by atoms with Gasteiger partial charge in [-0.2, -0.15) is 0 Å². The third-order valence-corrected chi connectivity index (χ3v) is 10.0. The van der Waals surface area contributed by atoms with Crippen molar-refractivity contribution in [3.05, 3.63) is 24.3 Å². The molecule has 4 rings (SSSR count). The van der Waals surface area contributed by atoms with E-state index in [1.54, 1.807) is 47.9 Å². The number of fused-ring (bicyclic) bond motifs is 1. The summed E-state index contributed by atoms with van der Waals surface area (Å²) in [5, 5.41) is 16.1. The van der Waals surface area contributed by atoms with Gasteiger partial charge in [0.15, 0.2) is 0 Å². The van der Waals surface area contributed by atoms with Gasteiger partial charge in [-0.1, -0.05) is 13.3 Å². The first-order valence-electron chi connectivity index (χ1n) is 13.1. The first kappa shape index (κ1) is 26.8. The van der Waals surface area contributed by atoms with Gasteiger partial charge in [-0.15, -0.1) is 11.8 Å². The molecule has 2 bridgehead atoms. The molecule has 1 aromatic carbocycles. The van der Waals surface area contributed by atoms with Gasteiger partial charge >= 0.3 is 0 Å². The Balaban J connectivity index is 1.65. The molecule has 8 nitrogen and oxygen atoms in total. The topological polar surface area (TPSA) is 108 Å². The Morgan fingerprint density at radius 1 is 1.19 bits per heavy atom. The van der Waals surface area contributed by atoms with Gasteiger partial charge in [-0.25, -0.2) is 0 Å². The summed E-state index contributed by atoms with van der Waals surface area (Å²) in [4.78, 5) is 42.9. The number of aliphatic hydroxyl groups is 1. The number of nitrogens with one attached hydrogen (secondary N) is 2. The molecule has 0 aliphatic carbocycles. The second-order valence-electron chi connectivity index (χ2n) is 10.6. The number of rotatable bonds is 10. The summed E-state index contributed by atoms with van der Waals surface area (Å²) in [5.74, 6) is -1.06. The zero-order chi connectivity index (χ0) is 26.3. The molecule has 3 aliphatic rings. The van der Waals surface area contributed by atoms with Gasteiger partial charge in [0.25, 0.3) is 0 Å². The molecule has 3 heterocycles. The van der Waals surface area contributed by atoms with Crippen molar-refractivity contribution < 1.29 is 24.2 Å². The van der Waals surface area contributed by atoms with Crippen LogP contribution in [-0.4, -0.2) is 68.6 Å². The molecule has 3 unspecified atom stereocenters. The van der Waals surface area contributed by atoms with Crippen molar-refractivity contribution in [2.75, 3.05) is 18.5 Å². The van der Waals surface area contributed by atoms with E-state index in [1.165, 1.54) is 0 Å². The Morgan fingerprint density at radius 2 is 1.89 bits per heavy atom. The van der Waals surface area contributed by atoms with Gasteiger partial charge in [-0.3, -0.25) is 14.4 Å². The molecule has 198 valence electrons. The minimum Gasteiger partial charge on any atom is -0.494 e. The third-order valence-electron chi connectivity index (χ3n) is 8.03. The first-order valence-corrected chi connectivity index (χ1v) is 13.9. The number of hydrogen-bond acceptors (Lipinski definition) is 6. The largest absolute Gasteiger partial charge is 0.494 e. The highest BCUT2D eigenvalue weighted by atomic mass is 32.2. The Labute approximate surface area is 217 Å². The number of likely N-dealkylation sites (tertiary alicyclic amines) is 1. The normalized spacial score (nSPS) is 32.2. The third kappa shape index (κ3) is 4.38. The average molecular weight is 518 g/mol. The van der Waals surface area contributed by atoms with E-state index < -0.39 is 33.4 Å². The molecule has 0 saturated carbocycles. The van der Waals surface area contributed by atoms with E-state index in [4.69, 9.17) is 4.74 Å². The van der Waals surface area contributed by atoms with E-state index in [0.717, 1.165) is 25.0 Å². The van der Waals surface area contributed by atoms with Crippen molar-refractivity contribution in [3.63, 3.8) is 0 Å². The molecule has 1 aromatic rings. The summed E-state index contributed by atoms with van der Waals surface area (Å²) in [6, 6.07) is 5.95. The summed E-state index contributed by atoms with van der Waals surface area (Å²) >= 11 is 1.63. The fourth-order valence-corrected chi connectivity index (χ4v) is 8.82. The van der Waals surface area contributed by atoms with Crippen molar-refractivity contribution in [2.45, 2.75) is 87.9 Å². The summed E-state index contributed by atoms with van der Waals surface area (Å²) in [6.45, 7) is 10.1. The standard InChI is InChI=1S/C27H39N3O5S/c1-6-8-16(3)28-24(33)22-27-14-13-26(5,36-27)20(21(27)25(34)30(22)17(4)15-31)23(32)29-18-9-11-19(12-10-18)35-7-2/h9-12,16-17,20-22,31H,6-8,13-15H2,1-5H3,(H,28,33)(H,29,32)/t16?,17-,20-,21+,22?,26+,27?/m1/s1.